The van der Waals surface area contributed by atoms with Crippen LogP contribution >= 0.6 is 0 Å². The van der Waals surface area contributed by atoms with Crippen molar-refractivity contribution in [3.63, 3.8) is 0 Å². The molecule has 12 heteroatoms. The molecule has 3 aromatic rings. The second-order valence-corrected chi connectivity index (χ2v) is 6.60. The summed E-state index contributed by atoms with van der Waals surface area (Å²) >= 11 is -3.33. The maximum Gasteiger partial charge on any atom is 0.384 e. The number of hydrogen-bond acceptors (Lipinski definition) is 5. The molecule has 1 unspecified atom stereocenters. The highest BCUT2D eigenvalue weighted by Crippen LogP contribution is 2.32. The summed E-state index contributed by atoms with van der Waals surface area (Å²) in [5, 5.41) is 0.880. The molecule has 0 aromatic heterocycles. The number of carbonyl (C=O) groups excluding carboxylic acids is 2. The van der Waals surface area contributed by atoms with Crippen LogP contribution in [0.25, 0.3) is 10.8 Å². The average Bonchev–Trinajstić information content (AvgIpc) is 2.75. The minimum Gasteiger partial charge on any atom is -0.372 e. The van der Waals surface area contributed by atoms with Gasteiger partial charge >= 0.3 is 11.4 Å². The molecule has 1 heterocycles. The first-order chi connectivity index (χ1) is 14.2. The Hall–Kier alpha value is -3.38. The van der Waals surface area contributed by atoms with Gasteiger partial charge in [0.05, 0.1) is 11.1 Å². The van der Waals surface area contributed by atoms with Crippen molar-refractivity contribution in [1.29, 1.82) is 0 Å². The summed E-state index contributed by atoms with van der Waals surface area (Å²) in [4.78, 5) is 25.1. The third-order valence-electron chi connectivity index (χ3n) is 4.19. The molecule has 1 aliphatic heterocycles. The molecule has 3 aromatic carbocycles. The van der Waals surface area contributed by atoms with Crippen LogP contribution in [0.1, 0.15) is 20.7 Å². The Morgan fingerprint density at radius 1 is 0.733 bits per heavy atom. The van der Waals surface area contributed by atoms with Crippen molar-refractivity contribution in [2.24, 2.45) is 0 Å². The summed E-state index contributed by atoms with van der Waals surface area (Å²) in [5.41, 5.74) is -0.00753. The number of hydroxylamine groups is 2. The van der Waals surface area contributed by atoms with Crippen molar-refractivity contribution in [2.45, 2.75) is 0 Å². The maximum atomic E-state index is 13.7. The second-order valence-electron chi connectivity index (χ2n) is 5.87. The topological polar surface area (TPSA) is 72.9 Å². The second kappa shape index (κ2) is 7.15. The molecular weight excluding hydrogens is 437 g/mol. The number of carbonyl (C=O) groups is 2. The van der Waals surface area contributed by atoms with E-state index in [-0.39, 0.29) is 16.2 Å². The van der Waals surface area contributed by atoms with E-state index in [1.54, 1.807) is 12.1 Å². The number of halogens is 5. The number of amides is 2. The van der Waals surface area contributed by atoms with Crippen molar-refractivity contribution in [3.05, 3.63) is 76.6 Å². The van der Waals surface area contributed by atoms with Crippen molar-refractivity contribution in [2.75, 3.05) is 0 Å². The molecule has 0 bridgehead atoms. The molecule has 4 rings (SSSR count). The Balaban J connectivity index is 1.66. The van der Waals surface area contributed by atoms with Gasteiger partial charge in [-0.25, -0.2) is 13.2 Å². The Bertz CT molecular complexity index is 1200. The summed E-state index contributed by atoms with van der Waals surface area (Å²) < 4.78 is 87.5. The van der Waals surface area contributed by atoms with Crippen molar-refractivity contribution in [3.8, 4) is 5.75 Å². The molecule has 0 spiro atoms. The smallest absolute Gasteiger partial charge is 0.372 e. The van der Waals surface area contributed by atoms with E-state index in [0.29, 0.717) is 10.8 Å². The zero-order valence-electron chi connectivity index (χ0n) is 14.3. The van der Waals surface area contributed by atoms with Gasteiger partial charge in [0, 0.05) is 5.39 Å². The van der Waals surface area contributed by atoms with Gasteiger partial charge in [0.25, 0.3) is 11.8 Å². The van der Waals surface area contributed by atoms with Gasteiger partial charge in [-0.05, 0) is 17.5 Å². The molecule has 0 fully saturated rings. The van der Waals surface area contributed by atoms with Crippen molar-refractivity contribution >= 4 is 33.9 Å². The summed E-state index contributed by atoms with van der Waals surface area (Å²) in [6.45, 7) is 0. The van der Waals surface area contributed by atoms with Gasteiger partial charge in [-0.15, -0.1) is 9.35 Å². The van der Waals surface area contributed by atoms with E-state index in [4.69, 9.17) is 0 Å². The number of benzene rings is 3. The van der Waals surface area contributed by atoms with E-state index in [1.807, 2.05) is 0 Å². The summed E-state index contributed by atoms with van der Waals surface area (Å²) in [7, 11) is 0. The number of nitrogens with zero attached hydrogens (tertiary/aromatic N) is 1. The standard InChI is InChI=1S/C18H6F5NO5S/c19-11-12(20)14(22)16(15(23)13(11)21)28-30(27)29-24-17(25)8-5-1-3-7-4-2-6-9(10(7)8)18(24)26/h1-6H. The minimum atomic E-state index is -3.33. The lowest BCUT2D eigenvalue weighted by atomic mass is 9.95. The zero-order valence-corrected chi connectivity index (χ0v) is 15.1. The van der Waals surface area contributed by atoms with Crippen LogP contribution in [0.2, 0.25) is 0 Å². The van der Waals surface area contributed by atoms with Crippen LogP contribution in [0.15, 0.2) is 36.4 Å². The Morgan fingerprint density at radius 2 is 1.20 bits per heavy atom. The fraction of sp³-hybridized carbons (Fsp3) is 0. The lowest BCUT2D eigenvalue weighted by Gasteiger charge is -2.24. The highest BCUT2D eigenvalue weighted by molar-refractivity contribution is 7.75. The lowest BCUT2D eigenvalue weighted by Crippen LogP contribution is -2.41. The monoisotopic (exact) mass is 443 g/mol. The largest absolute Gasteiger partial charge is 0.384 e. The van der Waals surface area contributed by atoms with Gasteiger partial charge in [0.1, 0.15) is 0 Å². The summed E-state index contributed by atoms with van der Waals surface area (Å²) in [6, 6.07) is 9.01. The third-order valence-corrected chi connectivity index (χ3v) is 4.76. The first kappa shape index (κ1) is 19.9. The molecule has 0 radical (unpaired) electrons. The fourth-order valence-corrected chi connectivity index (χ4v) is 3.45. The molecular formula is C18H6F5NO5S. The first-order valence-corrected chi connectivity index (χ1v) is 8.93. The number of hydrogen-bond donors (Lipinski definition) is 0. The predicted molar refractivity (Wildman–Crippen MR) is 90.5 cm³/mol. The van der Waals surface area contributed by atoms with Crippen LogP contribution in [-0.2, 0) is 15.6 Å². The van der Waals surface area contributed by atoms with E-state index in [1.165, 1.54) is 24.3 Å². The predicted octanol–water partition coefficient (Wildman–Crippen LogP) is 3.72. The molecule has 0 saturated heterocycles. The molecule has 0 saturated carbocycles. The van der Waals surface area contributed by atoms with Crippen LogP contribution < -0.4 is 4.18 Å². The number of rotatable bonds is 4. The Morgan fingerprint density at radius 3 is 1.70 bits per heavy atom. The Kier molecular flexibility index (Phi) is 4.74. The van der Waals surface area contributed by atoms with E-state index >= 15 is 0 Å². The van der Waals surface area contributed by atoms with Gasteiger partial charge in [-0.3, -0.25) is 9.59 Å². The molecule has 0 N–H and O–H groups in total. The average molecular weight is 443 g/mol. The van der Waals surface area contributed by atoms with E-state index in [9.17, 15) is 35.8 Å². The Labute approximate surface area is 166 Å². The van der Waals surface area contributed by atoms with Gasteiger partial charge in [0.15, 0.2) is 0 Å². The van der Waals surface area contributed by atoms with E-state index in [0.717, 1.165) is 0 Å². The molecule has 30 heavy (non-hydrogen) atoms. The summed E-state index contributed by atoms with van der Waals surface area (Å²) in [5.74, 6) is -16.0. The van der Waals surface area contributed by atoms with Crippen LogP contribution in [0, 0.1) is 29.1 Å². The van der Waals surface area contributed by atoms with Gasteiger partial charge in [-0.2, -0.15) is 13.0 Å². The van der Waals surface area contributed by atoms with Crippen molar-refractivity contribution < 1.29 is 44.2 Å². The molecule has 2 amide bonds. The van der Waals surface area contributed by atoms with Crippen LogP contribution in [0.3, 0.4) is 0 Å². The number of imide groups is 1. The third kappa shape index (κ3) is 2.92. The highest BCUT2D eigenvalue weighted by Gasteiger charge is 2.37. The molecule has 1 atom stereocenters. The molecule has 1 aliphatic rings. The minimum absolute atomic E-state index is 0.00377. The summed E-state index contributed by atoms with van der Waals surface area (Å²) in [6.07, 6.45) is 0. The quantitative estimate of drug-likeness (QED) is 0.266. The zero-order chi connectivity index (χ0) is 21.7. The van der Waals surface area contributed by atoms with E-state index < -0.39 is 58.0 Å². The van der Waals surface area contributed by atoms with Crippen molar-refractivity contribution in [1.82, 2.24) is 5.06 Å². The molecule has 0 aliphatic carbocycles. The van der Waals surface area contributed by atoms with Crippen LogP contribution in [0.5, 0.6) is 5.75 Å². The van der Waals surface area contributed by atoms with Gasteiger partial charge in [-0.1, -0.05) is 24.3 Å². The van der Waals surface area contributed by atoms with Crippen LogP contribution in [-0.4, -0.2) is 21.1 Å². The maximum absolute atomic E-state index is 13.7. The van der Waals surface area contributed by atoms with Gasteiger partial charge in [0.2, 0.25) is 34.8 Å². The molecule has 154 valence electrons. The highest BCUT2D eigenvalue weighted by atomic mass is 32.2. The lowest BCUT2D eigenvalue weighted by molar-refractivity contribution is -0.0158. The first-order valence-electron chi connectivity index (χ1n) is 7.93. The fourth-order valence-electron chi connectivity index (χ4n) is 2.88. The molecule has 6 nitrogen and oxygen atoms in total. The normalized spacial score (nSPS) is 14.4. The SMILES string of the molecule is O=C1c2cccc3cccc(c23)C(=O)N1OS(=O)Oc1c(F)c(F)c(F)c(F)c1F. The van der Waals surface area contributed by atoms with Gasteiger partial charge < -0.3 is 4.18 Å². The van der Waals surface area contributed by atoms with Crippen LogP contribution in [0.4, 0.5) is 22.0 Å². The van der Waals surface area contributed by atoms with E-state index in [2.05, 4.69) is 8.47 Å².